The fraction of sp³-hybridized carbons (Fsp3) is 0.526. The predicted molar refractivity (Wildman–Crippen MR) is 97.9 cm³/mol. The molecule has 1 saturated heterocycles. The van der Waals surface area contributed by atoms with Crippen LogP contribution in [0.5, 0.6) is 0 Å². The number of carbonyl (C=O) groups excluding carboxylic acids is 1. The van der Waals surface area contributed by atoms with Crippen molar-refractivity contribution in [2.24, 2.45) is 0 Å². The highest BCUT2D eigenvalue weighted by molar-refractivity contribution is 5.89. The molecule has 2 N–H and O–H groups in total. The van der Waals surface area contributed by atoms with E-state index in [9.17, 15) is 4.79 Å². The fourth-order valence-electron chi connectivity index (χ4n) is 3.50. The van der Waals surface area contributed by atoms with E-state index in [1.807, 2.05) is 24.2 Å². The van der Waals surface area contributed by atoms with E-state index < -0.39 is 0 Å². The van der Waals surface area contributed by atoms with Gasteiger partial charge in [-0.15, -0.1) is 0 Å². The summed E-state index contributed by atoms with van der Waals surface area (Å²) in [5.74, 6) is 0.700. The van der Waals surface area contributed by atoms with Crippen molar-refractivity contribution in [2.45, 2.75) is 51.0 Å². The lowest BCUT2D eigenvalue weighted by Gasteiger charge is -2.30. The summed E-state index contributed by atoms with van der Waals surface area (Å²) < 4.78 is 0. The Bertz CT molecular complexity index is 801. The molecule has 3 heterocycles. The maximum atomic E-state index is 12.6. The predicted octanol–water partition coefficient (Wildman–Crippen LogP) is 2.80. The second-order valence-corrected chi connectivity index (χ2v) is 7.20. The number of likely N-dealkylation sites (tertiary alicyclic amines) is 1. The van der Waals surface area contributed by atoms with Gasteiger partial charge in [0.15, 0.2) is 5.65 Å². The number of amides is 1. The molecule has 0 radical (unpaired) electrons. The lowest BCUT2D eigenvalue weighted by molar-refractivity contribution is -0.133. The molecular formula is C19H25N5O. The van der Waals surface area contributed by atoms with Gasteiger partial charge in [0.2, 0.25) is 5.91 Å². The largest absolute Gasteiger partial charge is 0.374 e. The lowest BCUT2D eigenvalue weighted by atomic mass is 10.1. The van der Waals surface area contributed by atoms with Crippen LogP contribution in [0, 0.1) is 0 Å². The Morgan fingerprint density at radius 1 is 1.36 bits per heavy atom. The molecule has 6 nitrogen and oxygen atoms in total. The molecule has 4 rings (SSSR count). The Morgan fingerprint density at radius 3 is 2.84 bits per heavy atom. The molecule has 0 spiro atoms. The number of H-pyrrole nitrogens is 1. The quantitative estimate of drug-likeness (QED) is 0.878. The summed E-state index contributed by atoms with van der Waals surface area (Å²) in [7, 11) is 0. The van der Waals surface area contributed by atoms with Gasteiger partial charge in [0, 0.05) is 36.5 Å². The molecule has 1 aliphatic heterocycles. The number of aromatic amines is 1. The summed E-state index contributed by atoms with van der Waals surface area (Å²) in [6.45, 7) is 7.76. The summed E-state index contributed by atoms with van der Waals surface area (Å²) in [5, 5.41) is 3.26. The summed E-state index contributed by atoms with van der Waals surface area (Å²) in [4.78, 5) is 27.0. The molecule has 0 bridgehead atoms. The van der Waals surface area contributed by atoms with Crippen molar-refractivity contribution < 1.29 is 4.79 Å². The van der Waals surface area contributed by atoms with Crippen molar-refractivity contribution in [3.05, 3.63) is 30.2 Å². The molecule has 25 heavy (non-hydrogen) atoms. The number of aromatic nitrogens is 3. The summed E-state index contributed by atoms with van der Waals surface area (Å²) in [6.07, 6.45) is 9.53. The summed E-state index contributed by atoms with van der Waals surface area (Å²) in [5.41, 5.74) is 4.25. The van der Waals surface area contributed by atoms with Crippen LogP contribution < -0.4 is 5.32 Å². The monoisotopic (exact) mass is 339 g/mol. The van der Waals surface area contributed by atoms with E-state index in [-0.39, 0.29) is 11.9 Å². The van der Waals surface area contributed by atoms with Crippen molar-refractivity contribution in [3.63, 3.8) is 0 Å². The zero-order valence-electron chi connectivity index (χ0n) is 14.7. The first-order chi connectivity index (χ1) is 12.1. The minimum Gasteiger partial charge on any atom is -0.374 e. The van der Waals surface area contributed by atoms with Crippen molar-refractivity contribution in [1.82, 2.24) is 25.2 Å². The molecule has 132 valence electrons. The second kappa shape index (κ2) is 6.50. The van der Waals surface area contributed by atoms with Crippen molar-refractivity contribution >= 4 is 22.8 Å². The molecule has 1 saturated carbocycles. The fourth-order valence-corrected chi connectivity index (χ4v) is 3.50. The average Bonchev–Trinajstić information content (AvgIpc) is 3.40. The van der Waals surface area contributed by atoms with Crippen LogP contribution in [-0.2, 0) is 4.79 Å². The van der Waals surface area contributed by atoms with Gasteiger partial charge in [0.1, 0.15) is 11.6 Å². The Balaban J connectivity index is 1.49. The topological polar surface area (TPSA) is 73.9 Å². The number of hydrogen-bond acceptors (Lipinski definition) is 4. The first kappa shape index (κ1) is 16.1. The molecule has 1 aliphatic carbocycles. The molecule has 0 aromatic carbocycles. The number of carbonyl (C=O) groups is 1. The lowest BCUT2D eigenvalue weighted by Crippen LogP contribution is -2.46. The van der Waals surface area contributed by atoms with Crippen LogP contribution in [0.3, 0.4) is 0 Å². The molecule has 0 unspecified atom stereocenters. The normalized spacial score (nSPS) is 19.0. The van der Waals surface area contributed by atoms with Crippen LogP contribution in [-0.4, -0.2) is 44.9 Å². The molecule has 1 atom stereocenters. The highest BCUT2D eigenvalue weighted by Gasteiger charge is 2.27. The zero-order chi connectivity index (χ0) is 17.4. The summed E-state index contributed by atoms with van der Waals surface area (Å²) in [6, 6.07) is -0.296. The number of nitrogens with one attached hydrogen (secondary N) is 2. The standard InChI is InChI=1S/C19H25N5O/c1-12(22-13(2)19(25)24-8-4-3-5-9-24)15-10-20-18-17(15)23-16(11-21-18)14-6-7-14/h10-11,13-14,22H,1,3-9H2,2H3,(H,20,21)/t13-/m0/s1. The Labute approximate surface area is 147 Å². The van der Waals surface area contributed by atoms with Gasteiger partial charge in [-0.05, 0) is 39.0 Å². The van der Waals surface area contributed by atoms with Crippen LogP contribution in [0.25, 0.3) is 16.9 Å². The highest BCUT2D eigenvalue weighted by atomic mass is 16.2. The highest BCUT2D eigenvalue weighted by Crippen LogP contribution is 2.39. The SMILES string of the molecule is C=C(N[C@@H](C)C(=O)N1CCCCC1)c1c[nH]c2ncc(C3CC3)nc12. The Kier molecular flexibility index (Phi) is 4.19. The van der Waals surface area contributed by atoms with Gasteiger partial charge in [0.05, 0.1) is 11.9 Å². The number of piperidine rings is 1. The molecule has 6 heteroatoms. The Hall–Kier alpha value is -2.37. The van der Waals surface area contributed by atoms with Gasteiger partial charge >= 0.3 is 0 Å². The number of rotatable bonds is 5. The first-order valence-corrected chi connectivity index (χ1v) is 9.22. The third-order valence-corrected chi connectivity index (χ3v) is 5.15. The van der Waals surface area contributed by atoms with Crippen molar-refractivity contribution in [2.75, 3.05) is 13.1 Å². The molecule has 2 aliphatic rings. The van der Waals surface area contributed by atoms with Gasteiger partial charge < -0.3 is 15.2 Å². The zero-order valence-corrected chi connectivity index (χ0v) is 14.7. The number of nitrogens with zero attached hydrogens (tertiary/aromatic N) is 3. The molecule has 2 fully saturated rings. The maximum Gasteiger partial charge on any atom is 0.244 e. The van der Waals surface area contributed by atoms with E-state index in [1.54, 1.807) is 0 Å². The third-order valence-electron chi connectivity index (χ3n) is 5.15. The van der Waals surface area contributed by atoms with Crippen LogP contribution in [0.2, 0.25) is 0 Å². The van der Waals surface area contributed by atoms with Crippen LogP contribution >= 0.6 is 0 Å². The second-order valence-electron chi connectivity index (χ2n) is 7.20. The molecule has 2 aromatic heterocycles. The van der Waals surface area contributed by atoms with Crippen LogP contribution in [0.1, 0.15) is 56.2 Å². The molecular weight excluding hydrogens is 314 g/mol. The minimum absolute atomic E-state index is 0.144. The van der Waals surface area contributed by atoms with E-state index >= 15 is 0 Å². The van der Waals surface area contributed by atoms with Gasteiger partial charge in [-0.25, -0.2) is 9.97 Å². The van der Waals surface area contributed by atoms with E-state index in [0.29, 0.717) is 11.6 Å². The Morgan fingerprint density at radius 2 is 2.12 bits per heavy atom. The van der Waals surface area contributed by atoms with E-state index in [4.69, 9.17) is 4.98 Å². The smallest absolute Gasteiger partial charge is 0.244 e. The van der Waals surface area contributed by atoms with Crippen molar-refractivity contribution in [3.8, 4) is 0 Å². The first-order valence-electron chi connectivity index (χ1n) is 9.22. The van der Waals surface area contributed by atoms with E-state index in [0.717, 1.165) is 48.4 Å². The molecule has 1 amide bonds. The summed E-state index contributed by atoms with van der Waals surface area (Å²) >= 11 is 0. The number of fused-ring (bicyclic) bond motifs is 1. The third kappa shape index (κ3) is 3.25. The van der Waals surface area contributed by atoms with Crippen LogP contribution in [0.15, 0.2) is 19.0 Å². The van der Waals surface area contributed by atoms with Gasteiger partial charge in [-0.1, -0.05) is 6.58 Å². The van der Waals surface area contributed by atoms with Gasteiger partial charge in [-0.2, -0.15) is 0 Å². The van der Waals surface area contributed by atoms with E-state index in [2.05, 4.69) is 21.9 Å². The van der Waals surface area contributed by atoms with Gasteiger partial charge in [-0.3, -0.25) is 4.79 Å². The number of hydrogen-bond donors (Lipinski definition) is 2. The minimum atomic E-state index is -0.296. The molecule has 2 aromatic rings. The van der Waals surface area contributed by atoms with E-state index in [1.165, 1.54) is 19.3 Å². The maximum absolute atomic E-state index is 12.6. The van der Waals surface area contributed by atoms with Crippen molar-refractivity contribution in [1.29, 1.82) is 0 Å². The van der Waals surface area contributed by atoms with Crippen LogP contribution in [0.4, 0.5) is 0 Å². The average molecular weight is 339 g/mol. The van der Waals surface area contributed by atoms with Gasteiger partial charge in [0.25, 0.3) is 0 Å².